The van der Waals surface area contributed by atoms with E-state index in [4.69, 9.17) is 0 Å². The highest BCUT2D eigenvalue weighted by atomic mass is 32.2. The number of imide groups is 2. The van der Waals surface area contributed by atoms with Crippen LogP contribution in [0.4, 0.5) is 4.79 Å². The number of barbiturate groups is 1. The Hall–Kier alpha value is -1.24. The minimum atomic E-state index is -1.07. The zero-order valence-corrected chi connectivity index (χ0v) is 10.3. The molecular formula is C10H14N2O4S. The van der Waals surface area contributed by atoms with Crippen molar-refractivity contribution in [3.8, 4) is 0 Å². The first-order valence-corrected chi connectivity index (χ1v) is 7.17. The Labute approximate surface area is 101 Å². The van der Waals surface area contributed by atoms with Crippen molar-refractivity contribution >= 4 is 28.6 Å². The molecule has 7 heteroatoms. The van der Waals surface area contributed by atoms with Crippen LogP contribution in [0.1, 0.15) is 19.3 Å². The van der Waals surface area contributed by atoms with E-state index in [0.717, 1.165) is 11.3 Å². The molecule has 4 amide bonds. The van der Waals surface area contributed by atoms with Crippen LogP contribution in [0.2, 0.25) is 0 Å². The first-order valence-electron chi connectivity index (χ1n) is 5.45. The highest BCUT2D eigenvalue weighted by molar-refractivity contribution is 7.84. The van der Waals surface area contributed by atoms with Gasteiger partial charge in [-0.3, -0.25) is 24.0 Å². The van der Waals surface area contributed by atoms with Crippen LogP contribution in [-0.4, -0.2) is 45.5 Å². The Morgan fingerprint density at radius 2 is 2.00 bits per heavy atom. The number of urea groups is 1. The lowest BCUT2D eigenvalue weighted by Gasteiger charge is -2.44. The second kappa shape index (κ2) is 4.21. The average molecular weight is 258 g/mol. The molecule has 0 aromatic heterocycles. The average Bonchev–Trinajstić information content (AvgIpc) is 2.13. The predicted octanol–water partition coefficient (Wildman–Crippen LogP) is -0.386. The second-order valence-corrected chi connectivity index (χ2v) is 5.98. The summed E-state index contributed by atoms with van der Waals surface area (Å²) in [6.07, 6.45) is 3.32. The third kappa shape index (κ3) is 1.88. The summed E-state index contributed by atoms with van der Waals surface area (Å²) in [5.41, 5.74) is -1.02. The molecule has 6 nitrogen and oxygen atoms in total. The smallest absolute Gasteiger partial charge is 0.277 e. The van der Waals surface area contributed by atoms with Crippen molar-refractivity contribution in [1.82, 2.24) is 10.2 Å². The van der Waals surface area contributed by atoms with E-state index in [1.54, 1.807) is 0 Å². The van der Waals surface area contributed by atoms with Gasteiger partial charge in [0.15, 0.2) is 0 Å². The Bertz CT molecular complexity index is 417. The molecule has 1 N–H and O–H groups in total. The van der Waals surface area contributed by atoms with Crippen LogP contribution in [0.15, 0.2) is 0 Å². The van der Waals surface area contributed by atoms with Gasteiger partial charge >= 0.3 is 6.03 Å². The maximum absolute atomic E-state index is 12.1. The fourth-order valence-corrected chi connectivity index (χ4v) is 2.57. The Morgan fingerprint density at radius 3 is 2.47 bits per heavy atom. The molecule has 2 fully saturated rings. The summed E-state index contributed by atoms with van der Waals surface area (Å²) >= 11 is 0. The van der Waals surface area contributed by atoms with E-state index in [9.17, 15) is 18.6 Å². The molecule has 1 saturated heterocycles. The number of amides is 4. The minimum Gasteiger partial charge on any atom is -0.277 e. The molecule has 1 unspecified atom stereocenters. The normalized spacial score (nSPS) is 24.5. The largest absolute Gasteiger partial charge is 0.330 e. The number of hydrogen-bond acceptors (Lipinski definition) is 4. The lowest BCUT2D eigenvalue weighted by molar-refractivity contribution is -0.157. The van der Waals surface area contributed by atoms with E-state index in [1.807, 2.05) is 0 Å². The fourth-order valence-electron chi connectivity index (χ4n) is 2.13. The van der Waals surface area contributed by atoms with Crippen molar-refractivity contribution in [1.29, 1.82) is 0 Å². The molecule has 1 spiro atoms. The quantitative estimate of drug-likeness (QED) is 0.699. The third-order valence-corrected chi connectivity index (χ3v) is 4.12. The monoisotopic (exact) mass is 258 g/mol. The van der Waals surface area contributed by atoms with Crippen LogP contribution in [0.25, 0.3) is 0 Å². The van der Waals surface area contributed by atoms with E-state index in [0.29, 0.717) is 12.8 Å². The van der Waals surface area contributed by atoms with Crippen LogP contribution in [-0.2, 0) is 20.4 Å². The topological polar surface area (TPSA) is 83.6 Å². The SMILES string of the molecule is CS(=O)CCN1C(=O)NC(=O)C2(CCC2)C1=O. The molecule has 0 aromatic carbocycles. The highest BCUT2D eigenvalue weighted by Gasteiger charge is 2.57. The Balaban J connectivity index is 2.15. The molecule has 17 heavy (non-hydrogen) atoms. The molecule has 1 saturated carbocycles. The lowest BCUT2D eigenvalue weighted by Crippen LogP contribution is -2.66. The Kier molecular flexibility index (Phi) is 3.03. The van der Waals surface area contributed by atoms with Gasteiger partial charge in [-0.15, -0.1) is 0 Å². The van der Waals surface area contributed by atoms with Gasteiger partial charge in [0.25, 0.3) is 0 Å². The van der Waals surface area contributed by atoms with Crippen molar-refractivity contribution < 1.29 is 18.6 Å². The van der Waals surface area contributed by atoms with Gasteiger partial charge in [0.1, 0.15) is 5.41 Å². The van der Waals surface area contributed by atoms with E-state index in [2.05, 4.69) is 5.32 Å². The number of carbonyl (C=O) groups is 3. The lowest BCUT2D eigenvalue weighted by atomic mass is 9.66. The van der Waals surface area contributed by atoms with E-state index in [-0.39, 0.29) is 12.3 Å². The standard InChI is InChI=1S/C10H14N2O4S/c1-17(16)6-5-12-8(14)10(3-2-4-10)7(13)11-9(12)15/h2-6H2,1H3,(H,11,13,15). The van der Waals surface area contributed by atoms with Crippen molar-refractivity contribution in [2.24, 2.45) is 5.41 Å². The molecule has 1 heterocycles. The van der Waals surface area contributed by atoms with E-state index >= 15 is 0 Å². The molecule has 0 bridgehead atoms. The number of hydrogen-bond donors (Lipinski definition) is 1. The van der Waals surface area contributed by atoms with Gasteiger partial charge in [-0.05, 0) is 12.8 Å². The van der Waals surface area contributed by atoms with Gasteiger partial charge in [0.2, 0.25) is 11.8 Å². The van der Waals surface area contributed by atoms with Crippen molar-refractivity contribution in [3.05, 3.63) is 0 Å². The van der Waals surface area contributed by atoms with Crippen LogP contribution in [0.5, 0.6) is 0 Å². The summed E-state index contributed by atoms with van der Waals surface area (Å²) in [5, 5.41) is 2.20. The van der Waals surface area contributed by atoms with Crippen molar-refractivity contribution in [2.75, 3.05) is 18.6 Å². The third-order valence-electron chi connectivity index (χ3n) is 3.36. The fraction of sp³-hybridized carbons (Fsp3) is 0.700. The van der Waals surface area contributed by atoms with Crippen LogP contribution in [0, 0.1) is 5.41 Å². The van der Waals surface area contributed by atoms with Gasteiger partial charge in [-0.2, -0.15) is 0 Å². The summed E-state index contributed by atoms with van der Waals surface area (Å²) in [5.74, 6) is -0.667. The first kappa shape index (κ1) is 12.2. The molecule has 1 aliphatic carbocycles. The molecule has 0 radical (unpaired) electrons. The molecule has 2 aliphatic rings. The number of rotatable bonds is 3. The van der Waals surface area contributed by atoms with Crippen molar-refractivity contribution in [3.63, 3.8) is 0 Å². The predicted molar refractivity (Wildman–Crippen MR) is 60.5 cm³/mol. The molecule has 1 aliphatic heterocycles. The van der Waals surface area contributed by atoms with Crippen LogP contribution < -0.4 is 5.32 Å². The van der Waals surface area contributed by atoms with E-state index in [1.165, 1.54) is 6.26 Å². The number of nitrogens with zero attached hydrogens (tertiary/aromatic N) is 1. The van der Waals surface area contributed by atoms with Gasteiger partial charge < -0.3 is 0 Å². The summed E-state index contributed by atoms with van der Waals surface area (Å²) < 4.78 is 11.0. The zero-order chi connectivity index (χ0) is 12.6. The molecule has 1 atom stereocenters. The zero-order valence-electron chi connectivity index (χ0n) is 9.52. The van der Waals surface area contributed by atoms with Gasteiger partial charge in [-0.1, -0.05) is 6.42 Å². The maximum atomic E-state index is 12.1. The van der Waals surface area contributed by atoms with Gasteiger partial charge in [-0.25, -0.2) is 4.79 Å². The number of nitrogens with one attached hydrogen (secondary N) is 1. The van der Waals surface area contributed by atoms with Gasteiger partial charge in [0.05, 0.1) is 0 Å². The van der Waals surface area contributed by atoms with Crippen LogP contribution >= 0.6 is 0 Å². The molecule has 0 aromatic rings. The summed E-state index contributed by atoms with van der Waals surface area (Å²) in [6.45, 7) is 0.100. The van der Waals surface area contributed by atoms with Gasteiger partial charge in [0, 0.05) is 29.4 Å². The highest BCUT2D eigenvalue weighted by Crippen LogP contribution is 2.44. The molecular weight excluding hydrogens is 244 g/mol. The first-order chi connectivity index (χ1) is 7.97. The van der Waals surface area contributed by atoms with Crippen molar-refractivity contribution in [2.45, 2.75) is 19.3 Å². The van der Waals surface area contributed by atoms with E-state index < -0.39 is 34.1 Å². The summed E-state index contributed by atoms with van der Waals surface area (Å²) in [6, 6.07) is -0.692. The van der Waals surface area contributed by atoms with Crippen LogP contribution in [0.3, 0.4) is 0 Å². The maximum Gasteiger partial charge on any atom is 0.330 e. The Morgan fingerprint density at radius 1 is 1.35 bits per heavy atom. The number of carbonyl (C=O) groups excluding carboxylic acids is 3. The summed E-state index contributed by atoms with van der Waals surface area (Å²) in [7, 11) is -1.07. The summed E-state index contributed by atoms with van der Waals surface area (Å²) in [4.78, 5) is 36.3. The minimum absolute atomic E-state index is 0.100. The second-order valence-electron chi connectivity index (χ2n) is 4.43. The molecule has 94 valence electrons. The molecule has 2 rings (SSSR count).